The van der Waals surface area contributed by atoms with E-state index in [1.165, 1.54) is 44.2 Å². The molecule has 1 saturated heterocycles. The number of likely N-dealkylation sites (tertiary alicyclic amines) is 1. The summed E-state index contributed by atoms with van der Waals surface area (Å²) >= 11 is 0. The highest BCUT2D eigenvalue weighted by Crippen LogP contribution is 2.45. The summed E-state index contributed by atoms with van der Waals surface area (Å²) in [6.07, 6.45) is 6.96. The second kappa shape index (κ2) is 6.70. The number of fused-ring (bicyclic) bond motifs is 1. The van der Waals surface area contributed by atoms with Crippen molar-refractivity contribution in [2.24, 2.45) is 10.4 Å². The third-order valence-corrected chi connectivity index (χ3v) is 6.08. The number of hydrogen-bond donors (Lipinski definition) is 1. The molecular weight excluding hydrogens is 310 g/mol. The summed E-state index contributed by atoms with van der Waals surface area (Å²) in [5.41, 5.74) is 2.87. The lowest BCUT2D eigenvalue weighted by molar-refractivity contribution is 0.309. The molecule has 5 heteroatoms. The Hall–Kier alpha value is -2.04. The van der Waals surface area contributed by atoms with Gasteiger partial charge in [0.05, 0.1) is 11.0 Å². The summed E-state index contributed by atoms with van der Waals surface area (Å²) in [6.45, 7) is 6.19. The molecule has 1 saturated carbocycles. The van der Waals surface area contributed by atoms with Crippen molar-refractivity contribution in [2.45, 2.75) is 45.6 Å². The van der Waals surface area contributed by atoms with E-state index in [9.17, 15) is 0 Å². The van der Waals surface area contributed by atoms with Gasteiger partial charge in [0.25, 0.3) is 0 Å². The van der Waals surface area contributed by atoms with Crippen molar-refractivity contribution >= 4 is 17.0 Å². The number of aromatic nitrogens is 2. The van der Waals surface area contributed by atoms with Gasteiger partial charge in [0.1, 0.15) is 5.82 Å². The van der Waals surface area contributed by atoms with Gasteiger partial charge < -0.3 is 14.8 Å². The lowest BCUT2D eigenvalue weighted by atomic mass is 9.86. The highest BCUT2D eigenvalue weighted by atomic mass is 15.3. The molecule has 4 rings (SSSR count). The summed E-state index contributed by atoms with van der Waals surface area (Å²) in [6, 6.07) is 8.36. The van der Waals surface area contributed by atoms with Gasteiger partial charge in [0.15, 0.2) is 5.96 Å². The normalized spacial score (nSPS) is 20.1. The summed E-state index contributed by atoms with van der Waals surface area (Å²) < 4.78 is 2.29. The fourth-order valence-electron chi connectivity index (χ4n) is 4.74. The quantitative estimate of drug-likeness (QED) is 0.690. The summed E-state index contributed by atoms with van der Waals surface area (Å²) in [4.78, 5) is 11.6. The molecule has 1 aromatic heterocycles. The summed E-state index contributed by atoms with van der Waals surface area (Å²) in [5, 5.41) is 3.58. The topological polar surface area (TPSA) is 45.5 Å². The molecule has 0 atom stereocenters. The van der Waals surface area contributed by atoms with Crippen molar-refractivity contribution in [3.63, 3.8) is 0 Å². The number of aryl methyl sites for hydroxylation is 1. The fraction of sp³-hybridized carbons (Fsp3) is 0.600. The van der Waals surface area contributed by atoms with Crippen LogP contribution in [-0.2, 0) is 6.54 Å². The van der Waals surface area contributed by atoms with E-state index < -0.39 is 0 Å². The van der Waals surface area contributed by atoms with Crippen molar-refractivity contribution < 1.29 is 0 Å². The molecule has 2 aromatic rings. The smallest absolute Gasteiger partial charge is 0.193 e. The van der Waals surface area contributed by atoms with Crippen LogP contribution in [0.2, 0.25) is 0 Å². The average Bonchev–Trinajstić information content (AvgIpc) is 3.33. The lowest BCUT2D eigenvalue weighted by Gasteiger charge is -2.26. The summed E-state index contributed by atoms with van der Waals surface area (Å²) in [7, 11) is 1.90. The van der Waals surface area contributed by atoms with Crippen LogP contribution >= 0.6 is 0 Å². The molecule has 134 valence electrons. The zero-order chi connectivity index (χ0) is 17.3. The first-order valence-electron chi connectivity index (χ1n) is 9.58. The molecule has 1 aliphatic carbocycles. The van der Waals surface area contributed by atoms with E-state index >= 15 is 0 Å². The minimum Gasteiger partial charge on any atom is -0.354 e. The predicted molar refractivity (Wildman–Crippen MR) is 103 cm³/mol. The molecule has 1 spiro atoms. The highest BCUT2D eigenvalue weighted by molar-refractivity contribution is 5.80. The monoisotopic (exact) mass is 339 g/mol. The van der Waals surface area contributed by atoms with Gasteiger partial charge in [-0.2, -0.15) is 0 Å². The largest absolute Gasteiger partial charge is 0.354 e. The van der Waals surface area contributed by atoms with E-state index in [1.54, 1.807) is 0 Å². The molecule has 2 heterocycles. The van der Waals surface area contributed by atoms with Crippen LogP contribution in [0.1, 0.15) is 37.9 Å². The van der Waals surface area contributed by atoms with Gasteiger partial charge in [-0.25, -0.2) is 4.98 Å². The Kier molecular flexibility index (Phi) is 4.40. The van der Waals surface area contributed by atoms with E-state index in [0.717, 1.165) is 36.9 Å². The van der Waals surface area contributed by atoms with Crippen LogP contribution in [0.4, 0.5) is 0 Å². The second-order valence-corrected chi connectivity index (χ2v) is 7.65. The van der Waals surface area contributed by atoms with Gasteiger partial charge in [-0.05, 0) is 43.7 Å². The molecule has 2 aliphatic rings. The van der Waals surface area contributed by atoms with Crippen LogP contribution in [0.3, 0.4) is 0 Å². The molecule has 5 nitrogen and oxygen atoms in total. The minimum absolute atomic E-state index is 0.578. The number of rotatable bonds is 3. The number of nitrogens with one attached hydrogen (secondary N) is 1. The van der Waals surface area contributed by atoms with Crippen molar-refractivity contribution in [3.05, 3.63) is 30.1 Å². The number of aliphatic imine (C=N–C) groups is 1. The Labute approximate surface area is 150 Å². The molecule has 2 fully saturated rings. The highest BCUT2D eigenvalue weighted by Gasteiger charge is 2.40. The fourth-order valence-corrected chi connectivity index (χ4v) is 4.74. The number of hydrogen-bond acceptors (Lipinski definition) is 2. The van der Waals surface area contributed by atoms with Crippen molar-refractivity contribution in [1.29, 1.82) is 0 Å². The molecule has 0 bridgehead atoms. The first kappa shape index (κ1) is 16.4. The molecule has 1 N–H and O–H groups in total. The Morgan fingerprint density at radius 1 is 1.24 bits per heavy atom. The molecular formula is C20H29N5. The van der Waals surface area contributed by atoms with Crippen LogP contribution in [0, 0.1) is 12.3 Å². The molecule has 1 aliphatic heterocycles. The maximum Gasteiger partial charge on any atom is 0.193 e. The Balaban J connectivity index is 1.38. The molecule has 0 unspecified atom stereocenters. The van der Waals surface area contributed by atoms with Crippen LogP contribution in [0.25, 0.3) is 11.0 Å². The first-order valence-corrected chi connectivity index (χ1v) is 9.58. The molecule has 0 amide bonds. The molecule has 25 heavy (non-hydrogen) atoms. The van der Waals surface area contributed by atoms with Crippen LogP contribution in [-0.4, -0.2) is 47.1 Å². The van der Waals surface area contributed by atoms with E-state index in [1.807, 2.05) is 13.1 Å². The van der Waals surface area contributed by atoms with Gasteiger partial charge in [-0.15, -0.1) is 0 Å². The van der Waals surface area contributed by atoms with Crippen molar-refractivity contribution in [2.75, 3.05) is 26.7 Å². The minimum atomic E-state index is 0.578. The Morgan fingerprint density at radius 2 is 2.04 bits per heavy atom. The van der Waals surface area contributed by atoms with Gasteiger partial charge in [-0.1, -0.05) is 25.0 Å². The number of nitrogens with zero attached hydrogens (tertiary/aromatic N) is 4. The van der Waals surface area contributed by atoms with Gasteiger partial charge in [0, 0.05) is 33.2 Å². The first-order chi connectivity index (χ1) is 12.2. The maximum absolute atomic E-state index is 4.65. The van der Waals surface area contributed by atoms with Crippen LogP contribution in [0.5, 0.6) is 0 Å². The SMILES string of the molecule is CN=C(NCCn1c(C)nc2ccccc21)N1CCC2(CCCC2)C1. The summed E-state index contributed by atoms with van der Waals surface area (Å²) in [5.74, 6) is 2.13. The Bertz CT molecular complexity index is 769. The van der Waals surface area contributed by atoms with Crippen LogP contribution in [0.15, 0.2) is 29.3 Å². The number of imidazole rings is 1. The van der Waals surface area contributed by atoms with E-state index in [2.05, 4.69) is 49.9 Å². The van der Waals surface area contributed by atoms with E-state index in [-0.39, 0.29) is 0 Å². The van der Waals surface area contributed by atoms with Gasteiger partial charge in [-0.3, -0.25) is 4.99 Å². The Morgan fingerprint density at radius 3 is 2.84 bits per heavy atom. The average molecular weight is 339 g/mol. The zero-order valence-electron chi connectivity index (χ0n) is 15.5. The third kappa shape index (κ3) is 3.12. The van der Waals surface area contributed by atoms with E-state index in [4.69, 9.17) is 0 Å². The number of benzene rings is 1. The zero-order valence-corrected chi connectivity index (χ0v) is 15.5. The van der Waals surface area contributed by atoms with Crippen LogP contribution < -0.4 is 5.32 Å². The predicted octanol–water partition coefficient (Wildman–Crippen LogP) is 3.19. The lowest BCUT2D eigenvalue weighted by Crippen LogP contribution is -2.42. The van der Waals surface area contributed by atoms with Gasteiger partial charge >= 0.3 is 0 Å². The van der Waals surface area contributed by atoms with Gasteiger partial charge in [0.2, 0.25) is 0 Å². The molecule has 1 aromatic carbocycles. The second-order valence-electron chi connectivity index (χ2n) is 7.65. The number of para-hydroxylation sites is 2. The maximum atomic E-state index is 4.65. The third-order valence-electron chi connectivity index (χ3n) is 6.08. The number of guanidine groups is 1. The molecule has 0 radical (unpaired) electrons. The van der Waals surface area contributed by atoms with Crippen molar-refractivity contribution in [3.8, 4) is 0 Å². The van der Waals surface area contributed by atoms with Crippen molar-refractivity contribution in [1.82, 2.24) is 19.8 Å². The van der Waals surface area contributed by atoms with E-state index in [0.29, 0.717) is 5.41 Å². The standard InChI is InChI=1S/C20H29N5/c1-16-23-17-7-3-4-8-18(17)25(16)14-12-22-19(21-2)24-13-11-20(15-24)9-5-6-10-20/h3-4,7-8H,5-6,9-15H2,1-2H3,(H,21,22).